The molecule has 2 aromatic heterocycles. The molecule has 2 amide bonds. The Bertz CT molecular complexity index is 1020. The molecular formula is C20H23N5O2S. The molecule has 0 radical (unpaired) electrons. The van der Waals surface area contributed by atoms with E-state index in [4.69, 9.17) is 0 Å². The number of nitrogens with one attached hydrogen (secondary N) is 1. The van der Waals surface area contributed by atoms with E-state index in [1.165, 1.54) is 0 Å². The highest BCUT2D eigenvalue weighted by Crippen LogP contribution is 2.26. The van der Waals surface area contributed by atoms with E-state index in [9.17, 15) is 9.59 Å². The molecule has 146 valence electrons. The Morgan fingerprint density at radius 3 is 2.93 bits per heavy atom. The second-order valence-corrected chi connectivity index (χ2v) is 8.43. The summed E-state index contributed by atoms with van der Waals surface area (Å²) in [5.41, 5.74) is 2.67. The predicted octanol–water partition coefficient (Wildman–Crippen LogP) is 2.99. The molecule has 1 aliphatic heterocycles. The zero-order valence-electron chi connectivity index (χ0n) is 16.0. The molecule has 1 fully saturated rings. The van der Waals surface area contributed by atoms with Gasteiger partial charge in [-0.25, -0.2) is 4.98 Å². The van der Waals surface area contributed by atoms with Crippen LogP contribution in [0.2, 0.25) is 0 Å². The van der Waals surface area contributed by atoms with Crippen molar-refractivity contribution in [2.75, 3.05) is 18.4 Å². The van der Waals surface area contributed by atoms with Crippen molar-refractivity contribution < 1.29 is 9.59 Å². The van der Waals surface area contributed by atoms with Crippen LogP contribution in [0.3, 0.4) is 0 Å². The van der Waals surface area contributed by atoms with Crippen LogP contribution in [0, 0.1) is 19.8 Å². The molecule has 8 heteroatoms. The maximum atomic E-state index is 12.6. The quantitative estimate of drug-likeness (QED) is 0.718. The molecule has 3 aromatic rings. The summed E-state index contributed by atoms with van der Waals surface area (Å²) in [4.78, 5) is 31.3. The molecular weight excluding hydrogens is 374 g/mol. The summed E-state index contributed by atoms with van der Waals surface area (Å²) in [6, 6.07) is 7.69. The minimum atomic E-state index is -0.171. The van der Waals surface area contributed by atoms with E-state index < -0.39 is 0 Å². The van der Waals surface area contributed by atoms with Gasteiger partial charge in [0.25, 0.3) is 0 Å². The lowest BCUT2D eigenvalue weighted by atomic mass is 10.1. The van der Waals surface area contributed by atoms with E-state index in [-0.39, 0.29) is 17.7 Å². The monoisotopic (exact) mass is 397 g/mol. The molecule has 1 aliphatic rings. The molecule has 4 rings (SSSR count). The van der Waals surface area contributed by atoms with Crippen LogP contribution in [0.1, 0.15) is 23.5 Å². The summed E-state index contributed by atoms with van der Waals surface area (Å²) in [6.07, 6.45) is 2.97. The topological polar surface area (TPSA) is 80.1 Å². The first-order chi connectivity index (χ1) is 13.5. The number of fused-ring (bicyclic) bond motifs is 1. The summed E-state index contributed by atoms with van der Waals surface area (Å²) in [5, 5.41) is 8.30. The van der Waals surface area contributed by atoms with Gasteiger partial charge in [0, 0.05) is 37.9 Å². The molecule has 1 unspecified atom stereocenters. The van der Waals surface area contributed by atoms with Crippen LogP contribution in [0.25, 0.3) is 10.2 Å². The van der Waals surface area contributed by atoms with Crippen molar-refractivity contribution in [2.24, 2.45) is 5.92 Å². The van der Waals surface area contributed by atoms with Gasteiger partial charge in [-0.3, -0.25) is 14.3 Å². The number of carbonyl (C=O) groups excluding carboxylic acids is 2. The molecule has 1 atom stereocenters. The van der Waals surface area contributed by atoms with Crippen molar-refractivity contribution in [3.63, 3.8) is 0 Å². The van der Waals surface area contributed by atoms with E-state index in [2.05, 4.69) is 15.4 Å². The van der Waals surface area contributed by atoms with Crippen molar-refractivity contribution in [1.29, 1.82) is 0 Å². The third-order valence-electron chi connectivity index (χ3n) is 5.00. The van der Waals surface area contributed by atoms with Gasteiger partial charge >= 0.3 is 0 Å². The largest absolute Gasteiger partial charge is 0.342 e. The number of amides is 2. The summed E-state index contributed by atoms with van der Waals surface area (Å²) in [6.45, 7) is 5.57. The highest BCUT2D eigenvalue weighted by Gasteiger charge is 2.30. The number of rotatable bonds is 5. The average Bonchev–Trinajstić information content (AvgIpc) is 3.38. The van der Waals surface area contributed by atoms with Crippen molar-refractivity contribution in [1.82, 2.24) is 19.7 Å². The Labute approximate surface area is 167 Å². The van der Waals surface area contributed by atoms with Crippen LogP contribution in [-0.2, 0) is 16.1 Å². The van der Waals surface area contributed by atoms with Crippen molar-refractivity contribution in [3.8, 4) is 0 Å². The highest BCUT2D eigenvalue weighted by atomic mass is 32.1. The highest BCUT2D eigenvalue weighted by molar-refractivity contribution is 7.18. The van der Waals surface area contributed by atoms with Gasteiger partial charge in [0.15, 0.2) is 0 Å². The number of hydrogen-bond acceptors (Lipinski definition) is 5. The number of hydrogen-bond donors (Lipinski definition) is 1. The van der Waals surface area contributed by atoms with E-state index >= 15 is 0 Å². The second-order valence-electron chi connectivity index (χ2n) is 7.20. The molecule has 0 spiro atoms. The van der Waals surface area contributed by atoms with Gasteiger partial charge < -0.3 is 10.2 Å². The molecule has 3 heterocycles. The first kappa shape index (κ1) is 18.6. The van der Waals surface area contributed by atoms with Crippen molar-refractivity contribution in [2.45, 2.75) is 33.2 Å². The normalized spacial score (nSPS) is 16.6. The lowest BCUT2D eigenvalue weighted by molar-refractivity contribution is -0.130. The van der Waals surface area contributed by atoms with Gasteiger partial charge in [-0.15, -0.1) is 11.3 Å². The molecule has 1 saturated heterocycles. The fraction of sp³-hybridized carbons (Fsp3) is 0.400. The van der Waals surface area contributed by atoms with Crippen LogP contribution in [0.4, 0.5) is 5.69 Å². The van der Waals surface area contributed by atoms with Crippen LogP contribution in [0.5, 0.6) is 0 Å². The lowest BCUT2D eigenvalue weighted by Crippen LogP contribution is -2.32. The van der Waals surface area contributed by atoms with E-state index in [1.54, 1.807) is 20.9 Å². The average molecular weight is 398 g/mol. The second kappa shape index (κ2) is 7.71. The lowest BCUT2D eigenvalue weighted by Gasteiger charge is -2.16. The van der Waals surface area contributed by atoms with Crippen LogP contribution >= 0.6 is 11.3 Å². The van der Waals surface area contributed by atoms with E-state index in [1.807, 2.05) is 44.3 Å². The summed E-state index contributed by atoms with van der Waals surface area (Å²) >= 11 is 1.61. The summed E-state index contributed by atoms with van der Waals surface area (Å²) in [5.74, 6) is -0.126. The Morgan fingerprint density at radius 2 is 2.14 bits per heavy atom. The van der Waals surface area contributed by atoms with Crippen LogP contribution < -0.4 is 5.32 Å². The molecule has 0 saturated carbocycles. The maximum absolute atomic E-state index is 12.6. The van der Waals surface area contributed by atoms with E-state index in [0.717, 1.165) is 26.6 Å². The molecule has 0 aliphatic carbocycles. The summed E-state index contributed by atoms with van der Waals surface area (Å²) < 4.78 is 2.84. The number of benzene rings is 1. The molecule has 0 bridgehead atoms. The molecule has 7 nitrogen and oxygen atoms in total. The predicted molar refractivity (Wildman–Crippen MR) is 109 cm³/mol. The molecule has 1 aromatic carbocycles. The fourth-order valence-electron chi connectivity index (χ4n) is 3.52. The Balaban J connectivity index is 1.31. The zero-order valence-corrected chi connectivity index (χ0v) is 16.8. The number of likely N-dealkylation sites (tertiary alicyclic amines) is 1. The van der Waals surface area contributed by atoms with Gasteiger partial charge in [0.05, 0.1) is 26.8 Å². The number of nitrogens with zero attached hydrogens (tertiary/aromatic N) is 4. The third kappa shape index (κ3) is 4.06. The maximum Gasteiger partial charge on any atom is 0.229 e. The molecule has 28 heavy (non-hydrogen) atoms. The first-order valence-electron chi connectivity index (χ1n) is 9.44. The summed E-state index contributed by atoms with van der Waals surface area (Å²) in [7, 11) is 0. The van der Waals surface area contributed by atoms with Gasteiger partial charge in [-0.2, -0.15) is 5.10 Å². The van der Waals surface area contributed by atoms with Crippen molar-refractivity contribution in [3.05, 3.63) is 41.2 Å². The van der Waals surface area contributed by atoms with Gasteiger partial charge in [0.1, 0.15) is 0 Å². The Hall–Kier alpha value is -2.74. The Morgan fingerprint density at radius 1 is 1.29 bits per heavy atom. The third-order valence-corrected chi connectivity index (χ3v) is 5.94. The number of anilines is 1. The number of thiazole rings is 1. The fourth-order valence-corrected chi connectivity index (χ4v) is 4.39. The van der Waals surface area contributed by atoms with Crippen LogP contribution in [-0.4, -0.2) is 44.6 Å². The van der Waals surface area contributed by atoms with Gasteiger partial charge in [0.2, 0.25) is 11.8 Å². The minimum absolute atomic E-state index is 0.0291. The zero-order chi connectivity index (χ0) is 19.7. The SMILES string of the molecule is Cc1ccn(CCC(=O)N2CCC(C(=O)Nc3ccc4nc(C)sc4c3)C2)n1. The first-order valence-corrected chi connectivity index (χ1v) is 10.3. The Kier molecular flexibility index (Phi) is 5.13. The van der Waals surface area contributed by atoms with Gasteiger partial charge in [-0.1, -0.05) is 0 Å². The molecule has 1 N–H and O–H groups in total. The van der Waals surface area contributed by atoms with Crippen molar-refractivity contribution >= 4 is 39.1 Å². The van der Waals surface area contributed by atoms with Gasteiger partial charge in [-0.05, 0) is 44.5 Å². The number of carbonyl (C=O) groups is 2. The smallest absolute Gasteiger partial charge is 0.229 e. The number of aryl methyl sites for hydroxylation is 3. The van der Waals surface area contributed by atoms with Crippen LogP contribution in [0.15, 0.2) is 30.5 Å². The van der Waals surface area contributed by atoms with E-state index in [0.29, 0.717) is 32.5 Å². The minimum Gasteiger partial charge on any atom is -0.342 e. The number of aromatic nitrogens is 3. The standard InChI is InChI=1S/C20H23N5O2S/c1-13-5-9-25(23-13)10-7-19(26)24-8-6-15(12-24)20(27)22-16-3-4-17-18(11-16)28-14(2)21-17/h3-5,9,11,15H,6-8,10,12H2,1-2H3,(H,22,27).